The van der Waals surface area contributed by atoms with Gasteiger partial charge >= 0.3 is 5.97 Å². The van der Waals surface area contributed by atoms with E-state index in [2.05, 4.69) is 0 Å². The highest BCUT2D eigenvalue weighted by Crippen LogP contribution is 2.40. The standard InChI is InChI=1S/C24H23NO3S/c1-16-8-5-6-11-19(16)15-25(23(26)18-12-7-13-18)20-14-21(29-22(20)24(27)28)17-9-3-2-4-10-17/h2-6,8-11,14,18H,7,12-13,15H2,1H3,(H,27,28). The molecule has 0 saturated heterocycles. The van der Waals surface area contributed by atoms with Gasteiger partial charge in [0.25, 0.3) is 0 Å². The number of carbonyl (C=O) groups is 2. The zero-order valence-electron chi connectivity index (χ0n) is 16.3. The van der Waals surface area contributed by atoms with Gasteiger partial charge in [-0.15, -0.1) is 11.3 Å². The molecule has 5 heteroatoms. The first-order valence-corrected chi connectivity index (χ1v) is 10.6. The molecule has 0 unspecified atom stereocenters. The molecule has 0 radical (unpaired) electrons. The third kappa shape index (κ3) is 3.96. The van der Waals surface area contributed by atoms with Crippen molar-refractivity contribution in [3.63, 3.8) is 0 Å². The van der Waals surface area contributed by atoms with Crippen LogP contribution < -0.4 is 4.90 Å². The fourth-order valence-corrected chi connectivity index (χ4v) is 4.60. The number of hydrogen-bond acceptors (Lipinski definition) is 3. The molecule has 0 spiro atoms. The molecule has 2 aromatic carbocycles. The highest BCUT2D eigenvalue weighted by atomic mass is 32.1. The summed E-state index contributed by atoms with van der Waals surface area (Å²) in [4.78, 5) is 28.1. The van der Waals surface area contributed by atoms with Gasteiger partial charge in [-0.2, -0.15) is 0 Å². The number of carboxylic acid groups (broad SMARTS) is 1. The normalized spacial score (nSPS) is 13.7. The summed E-state index contributed by atoms with van der Waals surface area (Å²) in [6, 6.07) is 19.5. The number of hydrogen-bond donors (Lipinski definition) is 1. The second-order valence-electron chi connectivity index (χ2n) is 7.47. The summed E-state index contributed by atoms with van der Waals surface area (Å²) in [7, 11) is 0. The Labute approximate surface area is 174 Å². The van der Waals surface area contributed by atoms with E-state index in [0.29, 0.717) is 12.2 Å². The molecule has 1 aromatic heterocycles. The first kappa shape index (κ1) is 19.4. The van der Waals surface area contributed by atoms with E-state index in [0.717, 1.165) is 40.8 Å². The quantitative estimate of drug-likeness (QED) is 0.568. The van der Waals surface area contributed by atoms with Crippen LogP contribution in [0.2, 0.25) is 0 Å². The van der Waals surface area contributed by atoms with E-state index in [-0.39, 0.29) is 16.7 Å². The number of carbonyl (C=O) groups excluding carboxylic acids is 1. The smallest absolute Gasteiger partial charge is 0.348 e. The highest BCUT2D eigenvalue weighted by Gasteiger charge is 2.33. The van der Waals surface area contributed by atoms with E-state index in [9.17, 15) is 14.7 Å². The number of amides is 1. The van der Waals surface area contributed by atoms with Gasteiger partial charge in [0.15, 0.2) is 0 Å². The number of anilines is 1. The van der Waals surface area contributed by atoms with Crippen LogP contribution in [0.25, 0.3) is 10.4 Å². The number of thiophene rings is 1. The number of rotatable bonds is 6. The first-order chi connectivity index (χ1) is 14.0. The topological polar surface area (TPSA) is 57.6 Å². The molecule has 3 aromatic rings. The van der Waals surface area contributed by atoms with Crippen molar-refractivity contribution in [3.8, 4) is 10.4 Å². The summed E-state index contributed by atoms with van der Waals surface area (Å²) in [5, 5.41) is 9.86. The van der Waals surface area contributed by atoms with Gasteiger partial charge in [0, 0.05) is 10.8 Å². The molecule has 1 saturated carbocycles. The van der Waals surface area contributed by atoms with Gasteiger partial charge in [-0.05, 0) is 42.5 Å². The Morgan fingerprint density at radius 1 is 1.07 bits per heavy atom. The monoisotopic (exact) mass is 405 g/mol. The van der Waals surface area contributed by atoms with Gasteiger partial charge in [-0.3, -0.25) is 4.79 Å². The lowest BCUT2D eigenvalue weighted by molar-refractivity contribution is -0.124. The lowest BCUT2D eigenvalue weighted by Gasteiger charge is -2.32. The van der Waals surface area contributed by atoms with Crippen LogP contribution in [0.4, 0.5) is 5.69 Å². The average molecular weight is 406 g/mol. The van der Waals surface area contributed by atoms with Crippen molar-refractivity contribution in [1.29, 1.82) is 0 Å². The maximum Gasteiger partial charge on any atom is 0.348 e. The summed E-state index contributed by atoms with van der Waals surface area (Å²) in [6.45, 7) is 2.40. The first-order valence-electron chi connectivity index (χ1n) is 9.83. The fourth-order valence-electron chi connectivity index (χ4n) is 3.60. The second kappa shape index (κ2) is 8.21. The Hall–Kier alpha value is -2.92. The molecule has 4 rings (SSSR count). The van der Waals surface area contributed by atoms with Gasteiger partial charge in [0.1, 0.15) is 4.88 Å². The molecule has 0 bridgehead atoms. The minimum atomic E-state index is -0.997. The minimum absolute atomic E-state index is 0.0132. The van der Waals surface area contributed by atoms with Crippen molar-refractivity contribution >= 4 is 28.9 Å². The zero-order chi connectivity index (χ0) is 20.4. The molecule has 0 aliphatic heterocycles. The van der Waals surface area contributed by atoms with Crippen molar-refractivity contribution < 1.29 is 14.7 Å². The van der Waals surface area contributed by atoms with E-state index in [4.69, 9.17) is 0 Å². The van der Waals surface area contributed by atoms with E-state index in [1.165, 1.54) is 11.3 Å². The Morgan fingerprint density at radius 2 is 1.76 bits per heavy atom. The number of carboxylic acids is 1. The second-order valence-corrected chi connectivity index (χ2v) is 8.53. The van der Waals surface area contributed by atoms with Crippen LogP contribution in [0.1, 0.15) is 40.1 Å². The zero-order valence-corrected chi connectivity index (χ0v) is 17.1. The molecular weight excluding hydrogens is 382 g/mol. The SMILES string of the molecule is Cc1ccccc1CN(C(=O)C1CCC1)c1cc(-c2ccccc2)sc1C(=O)O. The summed E-state index contributed by atoms with van der Waals surface area (Å²) in [6.07, 6.45) is 2.81. The molecule has 1 aliphatic rings. The van der Waals surface area contributed by atoms with Crippen LogP contribution >= 0.6 is 11.3 Å². The molecule has 1 fully saturated rings. The largest absolute Gasteiger partial charge is 0.477 e. The lowest BCUT2D eigenvalue weighted by atomic mass is 9.84. The lowest BCUT2D eigenvalue weighted by Crippen LogP contribution is -2.39. The van der Waals surface area contributed by atoms with Crippen LogP contribution in [0.15, 0.2) is 60.7 Å². The Kier molecular flexibility index (Phi) is 5.49. The molecular formula is C24H23NO3S. The van der Waals surface area contributed by atoms with Crippen LogP contribution in [0.3, 0.4) is 0 Å². The molecule has 1 aliphatic carbocycles. The number of aromatic carboxylic acids is 1. The predicted octanol–water partition coefficient (Wildman–Crippen LogP) is 5.76. The van der Waals surface area contributed by atoms with E-state index in [1.54, 1.807) is 4.90 Å². The maximum atomic E-state index is 13.3. The van der Waals surface area contributed by atoms with E-state index < -0.39 is 5.97 Å². The molecule has 4 nitrogen and oxygen atoms in total. The molecule has 1 amide bonds. The van der Waals surface area contributed by atoms with Crippen LogP contribution in [0, 0.1) is 12.8 Å². The van der Waals surface area contributed by atoms with Gasteiger partial charge in [-0.25, -0.2) is 4.79 Å². The minimum Gasteiger partial charge on any atom is -0.477 e. The van der Waals surface area contributed by atoms with E-state index in [1.807, 2.05) is 67.6 Å². The van der Waals surface area contributed by atoms with Crippen molar-refractivity contribution in [2.45, 2.75) is 32.7 Å². The van der Waals surface area contributed by atoms with Crippen molar-refractivity contribution in [2.75, 3.05) is 4.90 Å². The Bertz CT molecular complexity index is 1040. The third-order valence-corrected chi connectivity index (χ3v) is 6.73. The van der Waals surface area contributed by atoms with Gasteiger partial charge < -0.3 is 10.0 Å². The van der Waals surface area contributed by atoms with Crippen LogP contribution in [0.5, 0.6) is 0 Å². The summed E-state index contributed by atoms with van der Waals surface area (Å²) in [5.41, 5.74) is 3.58. The average Bonchev–Trinajstić information content (AvgIpc) is 3.12. The molecule has 1 heterocycles. The summed E-state index contributed by atoms with van der Waals surface area (Å²) in [5.74, 6) is -0.983. The molecule has 0 atom stereocenters. The van der Waals surface area contributed by atoms with Crippen LogP contribution in [-0.4, -0.2) is 17.0 Å². The molecule has 29 heavy (non-hydrogen) atoms. The van der Waals surface area contributed by atoms with Crippen LogP contribution in [-0.2, 0) is 11.3 Å². The Balaban J connectivity index is 1.79. The Morgan fingerprint density at radius 3 is 2.38 bits per heavy atom. The number of benzene rings is 2. The fraction of sp³-hybridized carbons (Fsp3) is 0.250. The predicted molar refractivity (Wildman–Crippen MR) is 116 cm³/mol. The van der Waals surface area contributed by atoms with Crippen molar-refractivity contribution in [3.05, 3.63) is 76.7 Å². The van der Waals surface area contributed by atoms with Gasteiger partial charge in [-0.1, -0.05) is 61.0 Å². The number of aryl methyl sites for hydroxylation is 1. The highest BCUT2D eigenvalue weighted by molar-refractivity contribution is 7.18. The third-order valence-electron chi connectivity index (χ3n) is 5.57. The molecule has 1 N–H and O–H groups in total. The number of nitrogens with zero attached hydrogens (tertiary/aromatic N) is 1. The van der Waals surface area contributed by atoms with Crippen molar-refractivity contribution in [2.24, 2.45) is 5.92 Å². The summed E-state index contributed by atoms with van der Waals surface area (Å²) >= 11 is 1.23. The maximum absolute atomic E-state index is 13.3. The van der Waals surface area contributed by atoms with E-state index >= 15 is 0 Å². The van der Waals surface area contributed by atoms with Gasteiger partial charge in [0.2, 0.25) is 5.91 Å². The van der Waals surface area contributed by atoms with Crippen molar-refractivity contribution in [1.82, 2.24) is 0 Å². The van der Waals surface area contributed by atoms with Gasteiger partial charge in [0.05, 0.1) is 12.2 Å². The summed E-state index contributed by atoms with van der Waals surface area (Å²) < 4.78 is 0. The molecule has 148 valence electrons.